The third kappa shape index (κ3) is 18.7. The van der Waals surface area contributed by atoms with Gasteiger partial charge in [-0.05, 0) is 96.6 Å². The molecule has 1 rings (SSSR count). The lowest BCUT2D eigenvalue weighted by molar-refractivity contribution is -0.144. The van der Waals surface area contributed by atoms with Crippen LogP contribution in [0.4, 0.5) is 5.69 Å². The van der Waals surface area contributed by atoms with Crippen LogP contribution in [0.5, 0.6) is 0 Å². The van der Waals surface area contributed by atoms with Crippen molar-refractivity contribution in [2.24, 2.45) is 11.8 Å². The molecule has 0 aliphatic rings. The zero-order valence-corrected chi connectivity index (χ0v) is 23.9. The molecule has 204 valence electrons. The standard InChI is InChI=1S/C17H25NO2.C14H26O2/c1-13(2)7-6-8-14(3)11-12-20-17(19)15-9-4-5-10-16(15)18;1-5-7-14(15)16-11-10-13(4)9-6-8-12(2)3/h4-5,7,9-10,14H,6,8,11-12,18H2,1-3H3;8,13H,5-7,9-11H2,1-4H3. The molecule has 1 aromatic carbocycles. The number of carbonyl (C=O) groups is 2. The monoisotopic (exact) mass is 501 g/mol. The van der Waals surface area contributed by atoms with Crippen LogP contribution in [0.25, 0.3) is 0 Å². The van der Waals surface area contributed by atoms with Crippen molar-refractivity contribution in [2.45, 2.75) is 99.8 Å². The van der Waals surface area contributed by atoms with Crippen LogP contribution in [0, 0.1) is 11.8 Å². The average molecular weight is 502 g/mol. The molecule has 0 saturated carbocycles. The van der Waals surface area contributed by atoms with Gasteiger partial charge in [0.05, 0.1) is 18.8 Å². The highest BCUT2D eigenvalue weighted by molar-refractivity contribution is 5.94. The van der Waals surface area contributed by atoms with Crippen LogP contribution >= 0.6 is 0 Å². The molecule has 0 aliphatic heterocycles. The molecule has 0 heterocycles. The molecule has 5 nitrogen and oxygen atoms in total. The number of rotatable bonds is 15. The van der Waals surface area contributed by atoms with Crippen molar-refractivity contribution < 1.29 is 19.1 Å². The van der Waals surface area contributed by atoms with Crippen molar-refractivity contribution in [3.8, 4) is 0 Å². The van der Waals surface area contributed by atoms with Crippen molar-refractivity contribution in [1.82, 2.24) is 0 Å². The van der Waals surface area contributed by atoms with Crippen LogP contribution in [0.2, 0.25) is 0 Å². The summed E-state index contributed by atoms with van der Waals surface area (Å²) < 4.78 is 10.4. The van der Waals surface area contributed by atoms with Gasteiger partial charge in [-0.1, -0.05) is 56.2 Å². The predicted molar refractivity (Wildman–Crippen MR) is 152 cm³/mol. The number of hydrogen-bond acceptors (Lipinski definition) is 5. The van der Waals surface area contributed by atoms with E-state index < -0.39 is 0 Å². The molecule has 0 saturated heterocycles. The summed E-state index contributed by atoms with van der Waals surface area (Å²) in [6.45, 7) is 15.9. The van der Waals surface area contributed by atoms with E-state index in [9.17, 15) is 9.59 Å². The van der Waals surface area contributed by atoms with E-state index in [1.54, 1.807) is 24.3 Å². The lowest BCUT2D eigenvalue weighted by atomic mass is 10.0. The fraction of sp³-hybridized carbons (Fsp3) is 0.613. The Morgan fingerprint density at radius 3 is 1.81 bits per heavy atom. The highest BCUT2D eigenvalue weighted by Gasteiger charge is 2.11. The van der Waals surface area contributed by atoms with E-state index in [0.717, 1.165) is 38.5 Å². The molecule has 0 aromatic heterocycles. The molecule has 0 radical (unpaired) electrons. The number of allylic oxidation sites excluding steroid dienone is 4. The Hall–Kier alpha value is -2.56. The third-order valence-electron chi connectivity index (χ3n) is 5.78. The first kappa shape index (κ1) is 33.4. The van der Waals surface area contributed by atoms with Gasteiger partial charge in [0, 0.05) is 12.1 Å². The summed E-state index contributed by atoms with van der Waals surface area (Å²) in [5.41, 5.74) is 9.38. The van der Waals surface area contributed by atoms with Crippen LogP contribution in [-0.2, 0) is 14.3 Å². The summed E-state index contributed by atoms with van der Waals surface area (Å²) in [7, 11) is 0. The molecule has 1 aromatic rings. The van der Waals surface area contributed by atoms with Gasteiger partial charge in [0.2, 0.25) is 0 Å². The SMILES string of the molecule is CC(C)=CCCC(C)CCOC(=O)c1ccccc1N.CCCC(=O)OCCC(C)CCC=C(C)C. The normalized spacial score (nSPS) is 11.9. The highest BCUT2D eigenvalue weighted by atomic mass is 16.5. The highest BCUT2D eigenvalue weighted by Crippen LogP contribution is 2.15. The fourth-order valence-electron chi connectivity index (χ4n) is 3.37. The number of nitrogens with two attached hydrogens (primary N) is 1. The molecule has 0 amide bonds. The quantitative estimate of drug-likeness (QED) is 0.148. The van der Waals surface area contributed by atoms with E-state index in [4.69, 9.17) is 15.2 Å². The van der Waals surface area contributed by atoms with Crippen molar-refractivity contribution in [2.75, 3.05) is 18.9 Å². The van der Waals surface area contributed by atoms with Gasteiger partial charge < -0.3 is 15.2 Å². The van der Waals surface area contributed by atoms with Crippen molar-refractivity contribution in [3.63, 3.8) is 0 Å². The summed E-state index contributed by atoms with van der Waals surface area (Å²) in [5, 5.41) is 0. The average Bonchev–Trinajstić information content (AvgIpc) is 2.79. The Balaban J connectivity index is 0.000000700. The summed E-state index contributed by atoms with van der Waals surface area (Å²) in [6, 6.07) is 6.99. The van der Waals surface area contributed by atoms with E-state index in [0.29, 0.717) is 42.7 Å². The molecular weight excluding hydrogens is 450 g/mol. The van der Waals surface area contributed by atoms with Gasteiger partial charge in [0.1, 0.15) is 0 Å². The summed E-state index contributed by atoms with van der Waals surface area (Å²) >= 11 is 0. The molecule has 0 bridgehead atoms. The summed E-state index contributed by atoms with van der Waals surface area (Å²) in [6.07, 6.45) is 12.3. The number of ether oxygens (including phenoxy) is 2. The maximum atomic E-state index is 11.8. The summed E-state index contributed by atoms with van der Waals surface area (Å²) in [5.74, 6) is 0.787. The predicted octanol–water partition coefficient (Wildman–Crippen LogP) is 8.30. The minimum absolute atomic E-state index is 0.0565. The number of nitrogen functional groups attached to an aromatic ring is 1. The number of carbonyl (C=O) groups excluding carboxylic acids is 2. The number of hydrogen-bond donors (Lipinski definition) is 1. The molecule has 2 N–H and O–H groups in total. The Bertz CT molecular complexity index is 805. The van der Waals surface area contributed by atoms with Gasteiger partial charge in [-0.3, -0.25) is 4.79 Å². The smallest absolute Gasteiger partial charge is 0.340 e. The van der Waals surface area contributed by atoms with E-state index in [2.05, 4.69) is 53.7 Å². The molecule has 5 heteroatoms. The largest absolute Gasteiger partial charge is 0.466 e. The topological polar surface area (TPSA) is 78.6 Å². The maximum Gasteiger partial charge on any atom is 0.340 e. The van der Waals surface area contributed by atoms with E-state index in [1.165, 1.54) is 17.6 Å². The minimum atomic E-state index is -0.334. The van der Waals surface area contributed by atoms with Gasteiger partial charge in [-0.2, -0.15) is 0 Å². The van der Waals surface area contributed by atoms with E-state index in [1.807, 2.05) is 6.92 Å². The first-order chi connectivity index (χ1) is 17.1. The third-order valence-corrected chi connectivity index (χ3v) is 5.78. The van der Waals surface area contributed by atoms with Gasteiger partial charge in [0.15, 0.2) is 0 Å². The number of esters is 2. The molecule has 0 aliphatic carbocycles. The van der Waals surface area contributed by atoms with Gasteiger partial charge in [0.25, 0.3) is 0 Å². The van der Waals surface area contributed by atoms with Gasteiger partial charge >= 0.3 is 11.9 Å². The lowest BCUT2D eigenvalue weighted by Crippen LogP contribution is -2.10. The maximum absolute atomic E-state index is 11.8. The molecule has 2 unspecified atom stereocenters. The van der Waals surface area contributed by atoms with E-state index >= 15 is 0 Å². The molecule has 0 spiro atoms. The van der Waals surface area contributed by atoms with Crippen LogP contribution in [0.15, 0.2) is 47.6 Å². The second-order valence-corrected chi connectivity index (χ2v) is 10.2. The second kappa shape index (κ2) is 20.6. The van der Waals surface area contributed by atoms with Crippen LogP contribution in [0.3, 0.4) is 0 Å². The van der Waals surface area contributed by atoms with Crippen LogP contribution in [-0.4, -0.2) is 25.2 Å². The zero-order chi connectivity index (χ0) is 27.3. The lowest BCUT2D eigenvalue weighted by Gasteiger charge is -2.11. The number of para-hydroxylation sites is 1. The van der Waals surface area contributed by atoms with Gasteiger partial charge in [-0.25, -0.2) is 4.79 Å². The Morgan fingerprint density at radius 2 is 1.33 bits per heavy atom. The molecule has 0 fully saturated rings. The first-order valence-electron chi connectivity index (χ1n) is 13.5. The van der Waals surface area contributed by atoms with Crippen molar-refractivity contribution in [3.05, 3.63) is 53.1 Å². The zero-order valence-electron chi connectivity index (χ0n) is 23.9. The molecular formula is C31H51NO4. The first-order valence-corrected chi connectivity index (χ1v) is 13.5. The van der Waals surface area contributed by atoms with Crippen molar-refractivity contribution in [1.29, 1.82) is 0 Å². The summed E-state index contributed by atoms with van der Waals surface area (Å²) in [4.78, 5) is 22.9. The Morgan fingerprint density at radius 1 is 0.833 bits per heavy atom. The van der Waals surface area contributed by atoms with Crippen LogP contribution < -0.4 is 5.73 Å². The molecule has 2 atom stereocenters. The number of benzene rings is 1. The van der Waals surface area contributed by atoms with Crippen molar-refractivity contribution >= 4 is 17.6 Å². The Kier molecular flexibility index (Phi) is 19.1. The van der Waals surface area contributed by atoms with Crippen LogP contribution in [0.1, 0.15) is 110 Å². The fourth-order valence-corrected chi connectivity index (χ4v) is 3.37. The molecule has 36 heavy (non-hydrogen) atoms. The number of anilines is 1. The van der Waals surface area contributed by atoms with Gasteiger partial charge in [-0.15, -0.1) is 0 Å². The Labute approximate surface area is 220 Å². The minimum Gasteiger partial charge on any atom is -0.466 e. The van der Waals surface area contributed by atoms with E-state index in [-0.39, 0.29) is 11.9 Å². The second-order valence-electron chi connectivity index (χ2n) is 10.2.